The first-order valence-electron chi connectivity index (χ1n) is 13.2. The minimum Gasteiger partial charge on any atom is -0.387 e. The fraction of sp³-hybridized carbons (Fsp3) is 0.524. The van der Waals surface area contributed by atoms with Crippen LogP contribution in [0, 0.1) is 0 Å². The lowest BCUT2D eigenvalue weighted by atomic mass is 10.0. The SMILES string of the molecule is C[C@]1(n2cnc3c(N)ncnc32)O[C@@H](COP(=O)(O)OP(=O)(O)OC[C@H]2O[C@@H](n3cnc4c(N)ncnc43)C(O)[C@H]2O)C(O)[C@H]1O. The molecule has 2 saturated heterocycles. The topological polar surface area (TPSA) is 341 Å². The number of nitrogen functional groups attached to an aromatic ring is 2. The lowest BCUT2D eigenvalue weighted by Crippen LogP contribution is -2.43. The maximum Gasteiger partial charge on any atom is 0.481 e. The first kappa shape index (κ1) is 32.7. The van der Waals surface area contributed by atoms with Gasteiger partial charge in [-0.2, -0.15) is 4.31 Å². The van der Waals surface area contributed by atoms with Crippen LogP contribution < -0.4 is 11.5 Å². The molecule has 4 aromatic rings. The van der Waals surface area contributed by atoms with Gasteiger partial charge in [0.2, 0.25) is 0 Å². The number of ether oxygens (including phenoxy) is 2. The molecule has 250 valence electrons. The van der Waals surface area contributed by atoms with E-state index in [1.54, 1.807) is 0 Å². The molecule has 6 rings (SSSR count). The van der Waals surface area contributed by atoms with Crippen LogP contribution in [0.15, 0.2) is 25.3 Å². The molecular weight excluding hydrogens is 662 g/mol. The van der Waals surface area contributed by atoms with Crippen molar-refractivity contribution in [3.05, 3.63) is 25.3 Å². The number of aromatic nitrogens is 8. The number of hydrogen-bond acceptors (Lipinski definition) is 19. The van der Waals surface area contributed by atoms with Gasteiger partial charge in [-0.05, 0) is 6.92 Å². The number of fused-ring (bicyclic) bond motifs is 2. The van der Waals surface area contributed by atoms with Crippen LogP contribution in [0.1, 0.15) is 13.2 Å². The van der Waals surface area contributed by atoms with E-state index in [1.165, 1.54) is 28.7 Å². The van der Waals surface area contributed by atoms with E-state index in [1.807, 2.05) is 0 Å². The maximum absolute atomic E-state index is 12.5. The van der Waals surface area contributed by atoms with Crippen molar-refractivity contribution in [1.82, 2.24) is 39.0 Å². The number of phosphoric ester groups is 2. The Kier molecular flexibility index (Phi) is 8.34. The molecule has 2 fully saturated rings. The summed E-state index contributed by atoms with van der Waals surface area (Å²) in [6.07, 6.45) is -5.96. The number of rotatable bonds is 10. The molecule has 0 saturated carbocycles. The van der Waals surface area contributed by atoms with Gasteiger partial charge in [-0.1, -0.05) is 0 Å². The average molecular weight is 690 g/mol. The molecule has 2 aliphatic heterocycles. The number of phosphoric acid groups is 2. The van der Waals surface area contributed by atoms with Gasteiger partial charge in [-0.25, -0.2) is 39.0 Å². The van der Waals surface area contributed by atoms with Gasteiger partial charge in [0.05, 0.1) is 25.9 Å². The molecule has 0 spiro atoms. The van der Waals surface area contributed by atoms with Crippen molar-refractivity contribution in [2.24, 2.45) is 0 Å². The Morgan fingerprint density at radius 1 is 0.826 bits per heavy atom. The molecule has 0 aromatic carbocycles. The Hall–Kier alpha value is -3.28. The molecule has 0 aliphatic carbocycles. The van der Waals surface area contributed by atoms with Gasteiger partial charge in [0.25, 0.3) is 0 Å². The molecule has 4 aromatic heterocycles. The molecule has 46 heavy (non-hydrogen) atoms. The number of nitrogens with two attached hydrogens (primary N) is 2. The van der Waals surface area contributed by atoms with Crippen LogP contribution in [0.25, 0.3) is 22.3 Å². The molecule has 6 heterocycles. The predicted octanol–water partition coefficient (Wildman–Crippen LogP) is -2.51. The van der Waals surface area contributed by atoms with E-state index in [0.717, 1.165) is 12.7 Å². The summed E-state index contributed by atoms with van der Waals surface area (Å²) in [4.78, 5) is 44.1. The molecule has 4 unspecified atom stereocenters. The Labute approximate surface area is 256 Å². The van der Waals surface area contributed by atoms with Crippen LogP contribution in [-0.4, -0.2) is 119 Å². The minimum absolute atomic E-state index is 0.0480. The molecule has 23 nitrogen and oxygen atoms in total. The van der Waals surface area contributed by atoms with Gasteiger partial charge in [0, 0.05) is 0 Å². The average Bonchev–Trinajstić information content (AvgIpc) is 3.74. The fourth-order valence-electron chi connectivity index (χ4n) is 5.14. The predicted molar refractivity (Wildman–Crippen MR) is 149 cm³/mol. The summed E-state index contributed by atoms with van der Waals surface area (Å²) < 4.78 is 52.8. The largest absolute Gasteiger partial charge is 0.481 e. The van der Waals surface area contributed by atoms with E-state index in [9.17, 15) is 39.3 Å². The standard InChI is InChI=1S/C21H28N10O13P2/c1-21(31-7-29-11-17(23)25-5-27-19(11)31)15(35)13(33)9(43-21)3-41-46(38,39)44-45(36,37)40-2-8-12(32)14(34)20(42-8)30-6-28-10-16(22)24-4-26-18(10)30/h4-9,12-15,20,32-35H,2-3H2,1H3,(H,36,37)(H,38,39)(H2,22,24,26)(H2,23,25,27)/t8-,9+,12+,13?,14?,15-,20-,21+/m1/s1. The number of imidazole rings is 2. The summed E-state index contributed by atoms with van der Waals surface area (Å²) in [6, 6.07) is 0. The second-order valence-corrected chi connectivity index (χ2v) is 13.5. The third-order valence-corrected chi connectivity index (χ3v) is 10.1. The third kappa shape index (κ3) is 5.75. The molecule has 0 amide bonds. The van der Waals surface area contributed by atoms with E-state index in [4.69, 9.17) is 30.0 Å². The summed E-state index contributed by atoms with van der Waals surface area (Å²) in [5.41, 5.74) is 10.6. The normalized spacial score (nSPS) is 32.6. The van der Waals surface area contributed by atoms with E-state index >= 15 is 0 Å². The number of hydrogen-bond donors (Lipinski definition) is 8. The van der Waals surface area contributed by atoms with E-state index in [-0.39, 0.29) is 34.0 Å². The van der Waals surface area contributed by atoms with E-state index in [0.29, 0.717) is 0 Å². The lowest BCUT2D eigenvalue weighted by molar-refractivity contribution is -0.131. The molecule has 0 bridgehead atoms. The van der Waals surface area contributed by atoms with Gasteiger partial charge in [0.1, 0.15) is 60.3 Å². The third-order valence-electron chi connectivity index (χ3n) is 7.49. The highest BCUT2D eigenvalue weighted by atomic mass is 31.3. The summed E-state index contributed by atoms with van der Waals surface area (Å²) in [5, 5.41) is 42.4. The molecule has 2 aliphatic rings. The Bertz CT molecular complexity index is 1860. The van der Waals surface area contributed by atoms with E-state index in [2.05, 4.69) is 34.2 Å². The van der Waals surface area contributed by atoms with Crippen molar-refractivity contribution < 1.29 is 62.2 Å². The highest BCUT2D eigenvalue weighted by molar-refractivity contribution is 7.61. The molecule has 25 heteroatoms. The number of aliphatic hydroxyl groups excluding tert-OH is 4. The van der Waals surface area contributed by atoms with Crippen molar-refractivity contribution in [3.8, 4) is 0 Å². The summed E-state index contributed by atoms with van der Waals surface area (Å²) in [6.45, 7) is -0.421. The number of aliphatic hydroxyl groups is 4. The lowest BCUT2D eigenvalue weighted by Gasteiger charge is -2.29. The van der Waals surface area contributed by atoms with Crippen LogP contribution in [0.3, 0.4) is 0 Å². The zero-order valence-electron chi connectivity index (χ0n) is 23.4. The van der Waals surface area contributed by atoms with Crippen LogP contribution in [-0.2, 0) is 37.7 Å². The quantitative estimate of drug-likeness (QED) is 0.0796. The summed E-state index contributed by atoms with van der Waals surface area (Å²) in [5.74, 6) is 0.101. The second-order valence-electron chi connectivity index (χ2n) is 10.4. The van der Waals surface area contributed by atoms with Gasteiger partial charge in [0.15, 0.2) is 34.9 Å². The Morgan fingerprint density at radius 3 is 2.04 bits per heavy atom. The van der Waals surface area contributed by atoms with Gasteiger partial charge in [-0.3, -0.25) is 18.2 Å². The Morgan fingerprint density at radius 2 is 1.39 bits per heavy atom. The van der Waals surface area contributed by atoms with Gasteiger partial charge in [-0.15, -0.1) is 0 Å². The van der Waals surface area contributed by atoms with Crippen LogP contribution >= 0.6 is 15.6 Å². The maximum atomic E-state index is 12.5. The van der Waals surface area contributed by atoms with Crippen LogP contribution in [0.5, 0.6) is 0 Å². The van der Waals surface area contributed by atoms with Crippen molar-refractivity contribution in [2.45, 2.75) is 55.5 Å². The molecular formula is C21H28N10O13P2. The van der Waals surface area contributed by atoms with Crippen LogP contribution in [0.4, 0.5) is 11.6 Å². The summed E-state index contributed by atoms with van der Waals surface area (Å²) >= 11 is 0. The number of nitrogens with zero attached hydrogens (tertiary/aromatic N) is 8. The zero-order valence-corrected chi connectivity index (χ0v) is 25.2. The van der Waals surface area contributed by atoms with Crippen molar-refractivity contribution in [3.63, 3.8) is 0 Å². The first-order chi connectivity index (χ1) is 21.6. The van der Waals surface area contributed by atoms with Crippen LogP contribution in [0.2, 0.25) is 0 Å². The fourth-order valence-corrected chi connectivity index (χ4v) is 7.23. The molecule has 10 atom stereocenters. The Balaban J connectivity index is 1.06. The van der Waals surface area contributed by atoms with Crippen molar-refractivity contribution >= 4 is 49.6 Å². The first-order valence-corrected chi connectivity index (χ1v) is 16.2. The smallest absolute Gasteiger partial charge is 0.387 e. The highest BCUT2D eigenvalue weighted by Gasteiger charge is 2.54. The molecule has 0 radical (unpaired) electrons. The van der Waals surface area contributed by atoms with Gasteiger partial charge < -0.3 is 51.2 Å². The van der Waals surface area contributed by atoms with Gasteiger partial charge >= 0.3 is 15.6 Å². The minimum atomic E-state index is -5.39. The van der Waals surface area contributed by atoms with Crippen molar-refractivity contribution in [2.75, 3.05) is 24.7 Å². The zero-order chi connectivity index (χ0) is 33.2. The highest BCUT2D eigenvalue weighted by Crippen LogP contribution is 2.61. The molecule has 10 N–H and O–H groups in total. The number of anilines is 2. The second kappa shape index (κ2) is 11.8. The monoisotopic (exact) mass is 690 g/mol. The van der Waals surface area contributed by atoms with Crippen molar-refractivity contribution in [1.29, 1.82) is 0 Å². The van der Waals surface area contributed by atoms with E-state index < -0.39 is 77.4 Å². The summed E-state index contributed by atoms with van der Waals surface area (Å²) in [7, 11) is -10.8.